The molecule has 168 valence electrons. The first-order valence-electron chi connectivity index (χ1n) is 10.1. The maximum atomic E-state index is 12.5. The number of rotatable bonds is 8. The Hall–Kier alpha value is -3.57. The number of thiazole rings is 1. The monoisotopic (exact) mass is 480 g/mol. The number of hydrogen-bond donors (Lipinski definition) is 1. The molecule has 0 bridgehead atoms. The number of amides is 1. The van der Waals surface area contributed by atoms with E-state index in [1.165, 1.54) is 35.2 Å². The van der Waals surface area contributed by atoms with Gasteiger partial charge in [0.1, 0.15) is 0 Å². The van der Waals surface area contributed by atoms with Crippen molar-refractivity contribution in [2.75, 3.05) is 11.1 Å². The summed E-state index contributed by atoms with van der Waals surface area (Å²) in [6.07, 6.45) is 0. The number of aryl methyl sites for hydroxylation is 1. The largest absolute Gasteiger partial charge is 0.302 e. The molecule has 0 aliphatic rings. The highest BCUT2D eigenvalue weighted by Gasteiger charge is 2.18. The van der Waals surface area contributed by atoms with Crippen molar-refractivity contribution in [3.63, 3.8) is 0 Å². The molecule has 33 heavy (non-hydrogen) atoms. The maximum Gasteiger partial charge on any atom is 0.270 e. The van der Waals surface area contributed by atoms with Crippen LogP contribution >= 0.6 is 23.1 Å². The van der Waals surface area contributed by atoms with Gasteiger partial charge in [-0.25, -0.2) is 4.98 Å². The van der Waals surface area contributed by atoms with Crippen LogP contribution in [0.25, 0.3) is 22.6 Å². The van der Waals surface area contributed by atoms with Crippen molar-refractivity contribution >= 4 is 39.8 Å². The van der Waals surface area contributed by atoms with Crippen molar-refractivity contribution in [1.82, 2.24) is 19.7 Å². The van der Waals surface area contributed by atoms with E-state index in [9.17, 15) is 14.9 Å². The number of nitrogens with zero attached hydrogens (tertiary/aromatic N) is 5. The third-order valence-electron chi connectivity index (χ3n) is 4.77. The van der Waals surface area contributed by atoms with Gasteiger partial charge in [-0.05, 0) is 13.8 Å². The summed E-state index contributed by atoms with van der Waals surface area (Å²) < 4.78 is 1.83. The first-order chi connectivity index (χ1) is 16.0. The molecular weight excluding hydrogens is 460 g/mol. The van der Waals surface area contributed by atoms with Gasteiger partial charge in [0.15, 0.2) is 16.1 Å². The molecule has 2 aromatic carbocycles. The number of aromatic nitrogens is 4. The number of anilines is 1. The predicted octanol–water partition coefficient (Wildman–Crippen LogP) is 5.04. The van der Waals surface area contributed by atoms with Crippen molar-refractivity contribution in [2.45, 2.75) is 25.5 Å². The summed E-state index contributed by atoms with van der Waals surface area (Å²) in [5.41, 5.74) is 2.45. The molecule has 0 atom stereocenters. The first kappa shape index (κ1) is 22.6. The maximum absolute atomic E-state index is 12.5. The SMILES string of the molecule is CCn1c(SCC(=O)Nc2nc(-c3ccccc3)c(C)s2)nnc1-c1cccc([N+](=O)[O-])c1. The lowest BCUT2D eigenvalue weighted by Crippen LogP contribution is -2.14. The lowest BCUT2D eigenvalue weighted by atomic mass is 10.1. The van der Waals surface area contributed by atoms with Gasteiger partial charge in [0.05, 0.1) is 16.4 Å². The molecule has 4 aromatic rings. The zero-order valence-electron chi connectivity index (χ0n) is 17.9. The first-order valence-corrected chi connectivity index (χ1v) is 11.9. The third kappa shape index (κ3) is 5.10. The van der Waals surface area contributed by atoms with Crippen molar-refractivity contribution in [3.05, 3.63) is 69.6 Å². The van der Waals surface area contributed by atoms with Gasteiger partial charge in [0.2, 0.25) is 5.91 Å². The summed E-state index contributed by atoms with van der Waals surface area (Å²) in [5, 5.41) is 23.4. The molecule has 0 saturated heterocycles. The molecule has 2 heterocycles. The lowest BCUT2D eigenvalue weighted by molar-refractivity contribution is -0.384. The van der Waals surface area contributed by atoms with E-state index in [0.717, 1.165) is 16.1 Å². The fourth-order valence-electron chi connectivity index (χ4n) is 3.25. The van der Waals surface area contributed by atoms with Crippen LogP contribution in [0, 0.1) is 17.0 Å². The molecule has 0 unspecified atom stereocenters. The number of thioether (sulfide) groups is 1. The molecule has 0 radical (unpaired) electrons. The van der Waals surface area contributed by atoms with Crippen LogP contribution in [0.5, 0.6) is 0 Å². The molecule has 1 amide bonds. The second-order valence-electron chi connectivity index (χ2n) is 6.98. The van der Waals surface area contributed by atoms with Crippen LogP contribution in [-0.2, 0) is 11.3 Å². The molecule has 0 aliphatic carbocycles. The minimum atomic E-state index is -0.445. The lowest BCUT2D eigenvalue weighted by Gasteiger charge is -2.07. The van der Waals surface area contributed by atoms with E-state index < -0.39 is 4.92 Å². The summed E-state index contributed by atoms with van der Waals surface area (Å²) in [6.45, 7) is 4.46. The molecule has 9 nitrogen and oxygen atoms in total. The number of non-ortho nitro benzene ring substituents is 1. The van der Waals surface area contributed by atoms with E-state index in [1.807, 2.05) is 48.7 Å². The Morgan fingerprint density at radius 1 is 1.15 bits per heavy atom. The van der Waals surface area contributed by atoms with Gasteiger partial charge in [-0.2, -0.15) is 0 Å². The third-order valence-corrected chi connectivity index (χ3v) is 6.62. The average Bonchev–Trinajstić information content (AvgIpc) is 3.41. The Kier molecular flexibility index (Phi) is 6.80. The minimum absolute atomic E-state index is 0.0136. The van der Waals surface area contributed by atoms with E-state index in [0.29, 0.717) is 28.2 Å². The summed E-state index contributed by atoms with van der Waals surface area (Å²) in [6, 6.07) is 16.1. The fraction of sp³-hybridized carbons (Fsp3) is 0.182. The Labute approximate surface area is 198 Å². The highest BCUT2D eigenvalue weighted by molar-refractivity contribution is 7.99. The summed E-state index contributed by atoms with van der Waals surface area (Å²) in [5.74, 6) is 0.454. The zero-order valence-corrected chi connectivity index (χ0v) is 19.5. The molecule has 4 rings (SSSR count). The number of nitrogens with one attached hydrogen (secondary N) is 1. The number of nitro benzene ring substituents is 1. The van der Waals surface area contributed by atoms with Crippen LogP contribution < -0.4 is 5.32 Å². The van der Waals surface area contributed by atoms with Crippen LogP contribution in [0.1, 0.15) is 11.8 Å². The van der Waals surface area contributed by atoms with E-state index in [1.54, 1.807) is 12.1 Å². The summed E-state index contributed by atoms with van der Waals surface area (Å²) in [4.78, 5) is 28.8. The number of hydrogen-bond acceptors (Lipinski definition) is 8. The number of benzene rings is 2. The smallest absolute Gasteiger partial charge is 0.270 e. The highest BCUT2D eigenvalue weighted by Crippen LogP contribution is 2.31. The van der Waals surface area contributed by atoms with Crippen LogP contribution in [0.3, 0.4) is 0 Å². The molecule has 11 heteroatoms. The highest BCUT2D eigenvalue weighted by atomic mass is 32.2. The van der Waals surface area contributed by atoms with Crippen molar-refractivity contribution < 1.29 is 9.72 Å². The van der Waals surface area contributed by atoms with E-state index >= 15 is 0 Å². The molecule has 1 N–H and O–H groups in total. The molecule has 0 fully saturated rings. The van der Waals surface area contributed by atoms with Crippen LogP contribution in [0.4, 0.5) is 10.8 Å². The van der Waals surface area contributed by atoms with Gasteiger partial charge in [-0.15, -0.1) is 21.5 Å². The van der Waals surface area contributed by atoms with Crippen molar-refractivity contribution in [1.29, 1.82) is 0 Å². The zero-order chi connectivity index (χ0) is 23.4. The summed E-state index contributed by atoms with van der Waals surface area (Å²) in [7, 11) is 0. The van der Waals surface area contributed by atoms with Gasteiger partial charge in [0, 0.05) is 34.7 Å². The van der Waals surface area contributed by atoms with Gasteiger partial charge >= 0.3 is 0 Å². The Bertz CT molecular complexity index is 1300. The molecular formula is C22H20N6O3S2. The minimum Gasteiger partial charge on any atom is -0.302 e. The number of carbonyl (C=O) groups is 1. The van der Waals surface area contributed by atoms with Gasteiger partial charge in [0.25, 0.3) is 5.69 Å². The van der Waals surface area contributed by atoms with Gasteiger partial charge in [-0.1, -0.05) is 54.2 Å². The van der Waals surface area contributed by atoms with Crippen molar-refractivity contribution in [2.24, 2.45) is 0 Å². The topological polar surface area (TPSA) is 116 Å². The number of nitro groups is 1. The standard InChI is InChI=1S/C22H20N6O3S2/c1-3-27-20(16-10-7-11-17(12-16)28(30)31)25-26-22(27)32-13-18(29)23-21-24-19(14(2)33-21)15-8-5-4-6-9-15/h4-12H,3,13H2,1-2H3,(H,23,24,29). The fourth-order valence-corrected chi connectivity index (χ4v) is 4.91. The van der Waals surface area contributed by atoms with E-state index in [2.05, 4.69) is 20.5 Å². The van der Waals surface area contributed by atoms with Crippen LogP contribution in [0.15, 0.2) is 59.8 Å². The predicted molar refractivity (Wildman–Crippen MR) is 129 cm³/mol. The second kappa shape index (κ2) is 9.92. The Morgan fingerprint density at radius 3 is 2.64 bits per heavy atom. The number of carbonyl (C=O) groups excluding carboxylic acids is 1. The van der Waals surface area contributed by atoms with Crippen LogP contribution in [-0.4, -0.2) is 36.3 Å². The second-order valence-corrected chi connectivity index (χ2v) is 9.13. The molecule has 0 aliphatic heterocycles. The van der Waals surface area contributed by atoms with Crippen LogP contribution in [0.2, 0.25) is 0 Å². The van der Waals surface area contributed by atoms with E-state index in [4.69, 9.17) is 0 Å². The molecule has 2 aromatic heterocycles. The molecule has 0 spiro atoms. The molecule has 0 saturated carbocycles. The van der Waals surface area contributed by atoms with Gasteiger partial charge in [-0.3, -0.25) is 14.9 Å². The Morgan fingerprint density at radius 2 is 1.91 bits per heavy atom. The quantitative estimate of drug-likeness (QED) is 0.213. The summed E-state index contributed by atoms with van der Waals surface area (Å²) >= 11 is 2.68. The average molecular weight is 481 g/mol. The van der Waals surface area contributed by atoms with Gasteiger partial charge < -0.3 is 9.88 Å². The Balaban J connectivity index is 1.44. The van der Waals surface area contributed by atoms with E-state index in [-0.39, 0.29) is 17.3 Å². The normalized spacial score (nSPS) is 10.8. The van der Waals surface area contributed by atoms with Crippen molar-refractivity contribution in [3.8, 4) is 22.6 Å².